The molecule has 0 bridgehead atoms. The Morgan fingerprint density at radius 3 is 2.46 bits per heavy atom. The van der Waals surface area contributed by atoms with Gasteiger partial charge < -0.3 is 16.0 Å². The van der Waals surface area contributed by atoms with Crippen molar-refractivity contribution >= 4 is 18.0 Å². The van der Waals surface area contributed by atoms with Gasteiger partial charge >= 0.3 is 12.1 Å². The number of hydrogen-bond acceptors (Lipinski definition) is 4. The summed E-state index contributed by atoms with van der Waals surface area (Å²) in [6.07, 6.45) is -0.902. The van der Waals surface area contributed by atoms with E-state index in [1.165, 1.54) is 0 Å². The van der Waals surface area contributed by atoms with Gasteiger partial charge in [0, 0.05) is 0 Å². The molecule has 8 nitrogen and oxygen atoms in total. The molecule has 0 radical (unpaired) electrons. The molecule has 2 unspecified atom stereocenters. The average molecular weight is 185 g/mol. The van der Waals surface area contributed by atoms with Crippen molar-refractivity contribution in [3.8, 4) is 0 Å². The molecule has 2 rings (SSSR count). The maximum absolute atomic E-state index is 11.2. The van der Waals surface area contributed by atoms with Crippen LogP contribution in [0.2, 0.25) is 0 Å². The van der Waals surface area contributed by atoms with Crippen molar-refractivity contribution in [3.63, 3.8) is 0 Å². The van der Waals surface area contributed by atoms with Crippen LogP contribution in [0.5, 0.6) is 0 Å². The fourth-order valence-electron chi connectivity index (χ4n) is 1.25. The van der Waals surface area contributed by atoms with Crippen LogP contribution in [0.1, 0.15) is 0 Å². The zero-order chi connectivity index (χ0) is 9.64. The zero-order valence-corrected chi connectivity index (χ0v) is 6.38. The Kier molecular flexibility index (Phi) is 1.26. The number of imide groups is 1. The van der Waals surface area contributed by atoms with Crippen LogP contribution in [0.25, 0.3) is 0 Å². The number of amides is 5. The molecular formula is C5H7N5O3. The highest BCUT2D eigenvalue weighted by Gasteiger charge is 2.53. The van der Waals surface area contributed by atoms with Crippen LogP contribution in [0.4, 0.5) is 9.59 Å². The van der Waals surface area contributed by atoms with Crippen molar-refractivity contribution < 1.29 is 14.4 Å². The highest BCUT2D eigenvalue weighted by molar-refractivity contribution is 6.06. The summed E-state index contributed by atoms with van der Waals surface area (Å²) in [7, 11) is 0. The molecule has 0 aromatic heterocycles. The molecule has 8 heteroatoms. The molecule has 2 saturated heterocycles. The van der Waals surface area contributed by atoms with Gasteiger partial charge in [-0.15, -0.1) is 0 Å². The fraction of sp³-hybridized carbons (Fsp3) is 0.400. The third-order valence-electron chi connectivity index (χ3n) is 1.93. The minimum atomic E-state index is -1.59. The van der Waals surface area contributed by atoms with Crippen molar-refractivity contribution in [3.05, 3.63) is 0 Å². The van der Waals surface area contributed by atoms with Gasteiger partial charge in [-0.05, 0) is 0 Å². The Labute approximate surface area is 72.2 Å². The molecule has 2 atom stereocenters. The smallest absolute Gasteiger partial charge is 0.314 e. The molecule has 5 amide bonds. The summed E-state index contributed by atoms with van der Waals surface area (Å²) in [4.78, 5) is 32.8. The lowest BCUT2D eigenvalue weighted by Crippen LogP contribution is -2.76. The molecule has 0 aliphatic carbocycles. The normalized spacial score (nSPS) is 37.0. The Hall–Kier alpha value is -1.83. The van der Waals surface area contributed by atoms with E-state index in [-0.39, 0.29) is 0 Å². The van der Waals surface area contributed by atoms with Crippen molar-refractivity contribution in [2.24, 2.45) is 5.73 Å². The maximum atomic E-state index is 11.2. The average Bonchev–Trinajstić information content (AvgIpc) is 2.26. The molecule has 13 heavy (non-hydrogen) atoms. The number of hydrogen-bond donors (Lipinski definition) is 5. The Bertz CT molecular complexity index is 315. The number of rotatable bonds is 0. The second-order valence-corrected chi connectivity index (χ2v) is 2.83. The summed E-state index contributed by atoms with van der Waals surface area (Å²) in [6, 6.07) is -1.27. The van der Waals surface area contributed by atoms with E-state index in [0.717, 1.165) is 0 Å². The minimum absolute atomic E-state index is 0.593. The van der Waals surface area contributed by atoms with Crippen LogP contribution >= 0.6 is 0 Å². The van der Waals surface area contributed by atoms with Gasteiger partial charge in [0.2, 0.25) is 5.66 Å². The molecule has 2 aliphatic heterocycles. The molecule has 0 aromatic rings. The van der Waals surface area contributed by atoms with Crippen LogP contribution in [-0.2, 0) is 4.79 Å². The predicted octanol–water partition coefficient (Wildman–Crippen LogP) is -2.88. The van der Waals surface area contributed by atoms with Gasteiger partial charge in [0.25, 0.3) is 5.91 Å². The number of fused-ring (bicyclic) bond motifs is 1. The summed E-state index contributed by atoms with van der Waals surface area (Å²) in [6.45, 7) is 0. The first-order valence-corrected chi connectivity index (χ1v) is 3.52. The summed E-state index contributed by atoms with van der Waals surface area (Å²) in [5, 5.41) is 8.73. The summed E-state index contributed by atoms with van der Waals surface area (Å²) in [5.74, 6) is -0.736. The quantitative estimate of drug-likeness (QED) is 0.278. The highest BCUT2D eigenvalue weighted by atomic mass is 16.2. The van der Waals surface area contributed by atoms with Gasteiger partial charge in [0.05, 0.1) is 0 Å². The second kappa shape index (κ2) is 2.10. The van der Waals surface area contributed by atoms with Gasteiger partial charge in [0.1, 0.15) is 0 Å². The van der Waals surface area contributed by atoms with Crippen molar-refractivity contribution in [1.82, 2.24) is 21.3 Å². The van der Waals surface area contributed by atoms with Crippen molar-refractivity contribution in [1.29, 1.82) is 0 Å². The van der Waals surface area contributed by atoms with Crippen LogP contribution < -0.4 is 27.0 Å². The minimum Gasteiger partial charge on any atom is -0.314 e. The van der Waals surface area contributed by atoms with E-state index in [1.807, 2.05) is 5.32 Å². The molecule has 70 valence electrons. The van der Waals surface area contributed by atoms with E-state index in [9.17, 15) is 14.4 Å². The molecule has 2 aliphatic rings. The fourth-order valence-corrected chi connectivity index (χ4v) is 1.25. The van der Waals surface area contributed by atoms with E-state index in [2.05, 4.69) is 16.0 Å². The van der Waals surface area contributed by atoms with Gasteiger partial charge in [-0.2, -0.15) is 0 Å². The molecule has 0 aromatic carbocycles. The first kappa shape index (κ1) is 7.80. The third-order valence-corrected chi connectivity index (χ3v) is 1.93. The SMILES string of the molecule is NC12NC(=O)NC1NC(=O)NC2=O. The van der Waals surface area contributed by atoms with Gasteiger partial charge in [-0.1, -0.05) is 0 Å². The van der Waals surface area contributed by atoms with Crippen molar-refractivity contribution in [2.45, 2.75) is 11.8 Å². The van der Waals surface area contributed by atoms with Gasteiger partial charge in [-0.3, -0.25) is 15.8 Å². The highest BCUT2D eigenvalue weighted by Crippen LogP contribution is 2.10. The van der Waals surface area contributed by atoms with E-state index in [0.29, 0.717) is 0 Å². The Balaban J connectivity index is 2.33. The summed E-state index contributed by atoms with van der Waals surface area (Å²) >= 11 is 0. The lowest BCUT2D eigenvalue weighted by Gasteiger charge is -2.32. The summed E-state index contributed by atoms with van der Waals surface area (Å²) < 4.78 is 0. The number of nitrogens with one attached hydrogen (secondary N) is 4. The Morgan fingerprint density at radius 1 is 1.15 bits per heavy atom. The van der Waals surface area contributed by atoms with E-state index in [1.54, 1.807) is 0 Å². The number of carbonyl (C=O) groups excluding carboxylic acids is 3. The second-order valence-electron chi connectivity index (χ2n) is 2.83. The lowest BCUT2D eigenvalue weighted by molar-refractivity contribution is -0.127. The van der Waals surface area contributed by atoms with Crippen molar-refractivity contribution in [2.75, 3.05) is 0 Å². The van der Waals surface area contributed by atoms with Gasteiger partial charge in [0.15, 0.2) is 6.17 Å². The van der Waals surface area contributed by atoms with Gasteiger partial charge in [-0.25, -0.2) is 9.59 Å². The zero-order valence-electron chi connectivity index (χ0n) is 6.38. The predicted molar refractivity (Wildman–Crippen MR) is 39.0 cm³/mol. The topological polar surface area (TPSA) is 125 Å². The molecule has 0 saturated carbocycles. The van der Waals surface area contributed by atoms with Crippen LogP contribution in [-0.4, -0.2) is 29.8 Å². The van der Waals surface area contributed by atoms with Crippen LogP contribution in [0.15, 0.2) is 0 Å². The van der Waals surface area contributed by atoms with E-state index < -0.39 is 29.8 Å². The monoisotopic (exact) mass is 185 g/mol. The van der Waals surface area contributed by atoms with E-state index in [4.69, 9.17) is 5.73 Å². The molecule has 2 fully saturated rings. The lowest BCUT2D eigenvalue weighted by atomic mass is 10.1. The van der Waals surface area contributed by atoms with E-state index >= 15 is 0 Å². The van der Waals surface area contributed by atoms with Crippen LogP contribution in [0, 0.1) is 0 Å². The standard InChI is InChI=1S/C5H7N5O3/c6-5-1(8-4(13)10-5)7-3(12)9-2(5)11/h1H,6H2,(H2,8,10,13)(H2,7,9,11,12). The number of nitrogens with two attached hydrogens (primary N) is 1. The maximum Gasteiger partial charge on any atom is 0.323 e. The largest absolute Gasteiger partial charge is 0.323 e. The first-order chi connectivity index (χ1) is 6.02. The summed E-state index contributed by atoms with van der Waals surface area (Å²) in [5.41, 5.74) is 3.95. The third kappa shape index (κ3) is 0.920. The number of carbonyl (C=O) groups is 3. The molecule has 2 heterocycles. The molecular weight excluding hydrogens is 178 g/mol. The Morgan fingerprint density at radius 2 is 1.77 bits per heavy atom. The molecule has 6 N–H and O–H groups in total. The van der Waals surface area contributed by atoms with Crippen LogP contribution in [0.3, 0.4) is 0 Å². The molecule has 0 spiro atoms. The first-order valence-electron chi connectivity index (χ1n) is 3.52. The number of urea groups is 2.